The fraction of sp³-hybridized carbons (Fsp3) is 0.538. The van der Waals surface area contributed by atoms with Crippen LogP contribution in [0.25, 0.3) is 0 Å². The van der Waals surface area contributed by atoms with Crippen molar-refractivity contribution in [3.05, 3.63) is 29.8 Å². The molecule has 0 N–H and O–H groups in total. The fourth-order valence-electron chi connectivity index (χ4n) is 2.05. The van der Waals surface area contributed by atoms with Crippen LogP contribution >= 0.6 is 0 Å². The van der Waals surface area contributed by atoms with Gasteiger partial charge in [-0.3, -0.25) is 0 Å². The first-order chi connectivity index (χ1) is 8.55. The van der Waals surface area contributed by atoms with Gasteiger partial charge in [-0.25, -0.2) is 8.42 Å². The van der Waals surface area contributed by atoms with E-state index in [4.69, 9.17) is 9.47 Å². The van der Waals surface area contributed by atoms with E-state index in [-0.39, 0.29) is 0 Å². The quantitative estimate of drug-likeness (QED) is 0.838. The molecule has 0 aromatic heterocycles. The fourth-order valence-corrected chi connectivity index (χ4v) is 3.81. The summed E-state index contributed by atoms with van der Waals surface area (Å²) >= 11 is 0. The highest BCUT2D eigenvalue weighted by Gasteiger charge is 2.36. The molecule has 0 spiro atoms. The van der Waals surface area contributed by atoms with E-state index in [1.807, 2.05) is 13.8 Å². The molecule has 1 aliphatic rings. The molecule has 1 aromatic rings. The van der Waals surface area contributed by atoms with E-state index in [0.29, 0.717) is 24.5 Å². The van der Waals surface area contributed by atoms with E-state index in [1.54, 1.807) is 24.3 Å². The van der Waals surface area contributed by atoms with Crippen LogP contribution in [-0.2, 0) is 19.3 Å². The van der Waals surface area contributed by atoms with Crippen molar-refractivity contribution in [2.45, 2.75) is 36.7 Å². The molecule has 2 rings (SSSR count). The zero-order chi connectivity index (χ0) is 13.2. The summed E-state index contributed by atoms with van der Waals surface area (Å²) in [6.07, 6.45) is -0.165. The van der Waals surface area contributed by atoms with Gasteiger partial charge in [0.15, 0.2) is 16.1 Å². The molecule has 0 aliphatic carbocycles. The molecule has 1 saturated heterocycles. The summed E-state index contributed by atoms with van der Waals surface area (Å²) in [5.74, 6) is 0. The third-order valence-electron chi connectivity index (χ3n) is 3.10. The minimum atomic E-state index is -3.40. The number of ether oxygens (including phenoxy) is 2. The minimum absolute atomic E-state index is 0.332. The molecule has 5 heteroatoms. The lowest BCUT2D eigenvalue weighted by Gasteiger charge is -2.21. The second-order valence-electron chi connectivity index (χ2n) is 4.41. The Hall–Kier alpha value is -0.910. The van der Waals surface area contributed by atoms with E-state index in [9.17, 15) is 8.42 Å². The highest BCUT2D eigenvalue weighted by atomic mass is 32.2. The molecule has 0 bridgehead atoms. The maximum Gasteiger partial charge on any atom is 0.186 e. The van der Waals surface area contributed by atoms with E-state index < -0.39 is 21.4 Å². The topological polar surface area (TPSA) is 52.6 Å². The number of benzene rings is 1. The average Bonchev–Trinajstić information content (AvgIpc) is 2.84. The van der Waals surface area contributed by atoms with Crippen molar-refractivity contribution in [2.75, 3.05) is 13.2 Å². The Labute approximate surface area is 108 Å². The Kier molecular flexibility index (Phi) is 4.04. The Morgan fingerprint density at radius 3 is 2.28 bits per heavy atom. The van der Waals surface area contributed by atoms with Gasteiger partial charge in [0.1, 0.15) is 5.25 Å². The lowest BCUT2D eigenvalue weighted by atomic mass is 10.2. The van der Waals surface area contributed by atoms with Crippen molar-refractivity contribution in [1.82, 2.24) is 0 Å². The first-order valence-electron chi connectivity index (χ1n) is 6.09. The monoisotopic (exact) mass is 270 g/mol. The summed E-state index contributed by atoms with van der Waals surface area (Å²) in [6, 6.07) is 6.89. The molecule has 18 heavy (non-hydrogen) atoms. The van der Waals surface area contributed by atoms with Gasteiger partial charge in [-0.1, -0.05) is 24.6 Å². The van der Waals surface area contributed by atoms with Crippen LogP contribution in [0.5, 0.6) is 0 Å². The van der Waals surface area contributed by atoms with E-state index in [2.05, 4.69) is 0 Å². The summed E-state index contributed by atoms with van der Waals surface area (Å²) < 4.78 is 35.7. The van der Waals surface area contributed by atoms with Crippen LogP contribution in [0, 0.1) is 6.92 Å². The van der Waals surface area contributed by atoms with Crippen molar-refractivity contribution < 1.29 is 17.9 Å². The minimum Gasteiger partial charge on any atom is -0.349 e. The molecule has 0 radical (unpaired) electrons. The number of hydrogen-bond acceptors (Lipinski definition) is 4. The Morgan fingerprint density at radius 1 is 1.22 bits per heavy atom. The summed E-state index contributed by atoms with van der Waals surface area (Å²) in [4.78, 5) is 0.332. The summed E-state index contributed by atoms with van der Waals surface area (Å²) in [7, 11) is -3.40. The third kappa shape index (κ3) is 2.58. The smallest absolute Gasteiger partial charge is 0.186 e. The second kappa shape index (κ2) is 5.38. The van der Waals surface area contributed by atoms with Crippen molar-refractivity contribution in [1.29, 1.82) is 0 Å². The number of hydrogen-bond donors (Lipinski definition) is 0. The molecule has 100 valence electrons. The predicted molar refractivity (Wildman–Crippen MR) is 68.1 cm³/mol. The molecule has 1 unspecified atom stereocenters. The molecule has 4 nitrogen and oxygen atoms in total. The molecule has 1 atom stereocenters. The first kappa shape index (κ1) is 13.5. The number of sulfone groups is 1. The van der Waals surface area contributed by atoms with E-state index in [1.165, 1.54) is 0 Å². The Morgan fingerprint density at radius 2 is 1.78 bits per heavy atom. The number of aryl methyl sites for hydroxylation is 1. The van der Waals surface area contributed by atoms with Gasteiger partial charge in [-0.05, 0) is 25.5 Å². The molecular weight excluding hydrogens is 252 g/mol. The maximum atomic E-state index is 12.5. The van der Waals surface area contributed by atoms with Gasteiger partial charge < -0.3 is 9.47 Å². The molecule has 0 amide bonds. The molecular formula is C13H18O4S. The zero-order valence-electron chi connectivity index (χ0n) is 10.6. The van der Waals surface area contributed by atoms with Gasteiger partial charge in [0.2, 0.25) is 0 Å². The van der Waals surface area contributed by atoms with Crippen LogP contribution in [0.1, 0.15) is 18.9 Å². The van der Waals surface area contributed by atoms with Crippen molar-refractivity contribution >= 4 is 9.84 Å². The highest BCUT2D eigenvalue weighted by Crippen LogP contribution is 2.25. The normalized spacial score (nSPS) is 19.0. The standard InChI is InChI=1S/C13H18O4S/c1-3-12(13-16-8-9-17-13)18(14,15)11-6-4-10(2)5-7-11/h4-7,12-13H,3,8-9H2,1-2H3. The van der Waals surface area contributed by atoms with Gasteiger partial charge in [0.05, 0.1) is 18.1 Å². The summed E-state index contributed by atoms with van der Waals surface area (Å²) in [6.45, 7) is 4.69. The highest BCUT2D eigenvalue weighted by molar-refractivity contribution is 7.92. The predicted octanol–water partition coefficient (Wildman–Crippen LogP) is 1.92. The number of rotatable bonds is 4. The van der Waals surface area contributed by atoms with Crippen LogP contribution in [-0.4, -0.2) is 33.2 Å². The van der Waals surface area contributed by atoms with Gasteiger partial charge in [0.25, 0.3) is 0 Å². The lowest BCUT2D eigenvalue weighted by Crippen LogP contribution is -2.34. The molecule has 1 aromatic carbocycles. The van der Waals surface area contributed by atoms with Gasteiger partial charge in [-0.2, -0.15) is 0 Å². The maximum absolute atomic E-state index is 12.5. The average molecular weight is 270 g/mol. The van der Waals surface area contributed by atoms with Crippen molar-refractivity contribution in [3.8, 4) is 0 Å². The van der Waals surface area contributed by atoms with Crippen LogP contribution in [0.4, 0.5) is 0 Å². The molecule has 1 heterocycles. The van der Waals surface area contributed by atoms with Crippen LogP contribution in [0.15, 0.2) is 29.2 Å². The summed E-state index contributed by atoms with van der Waals surface area (Å²) in [5.41, 5.74) is 1.04. The molecule has 1 aliphatic heterocycles. The van der Waals surface area contributed by atoms with E-state index >= 15 is 0 Å². The van der Waals surface area contributed by atoms with Gasteiger partial charge in [0, 0.05) is 0 Å². The Bertz CT molecular complexity index is 486. The zero-order valence-corrected chi connectivity index (χ0v) is 11.4. The molecule has 0 saturated carbocycles. The van der Waals surface area contributed by atoms with Crippen LogP contribution in [0.2, 0.25) is 0 Å². The van der Waals surface area contributed by atoms with E-state index in [0.717, 1.165) is 5.56 Å². The third-order valence-corrected chi connectivity index (χ3v) is 5.38. The van der Waals surface area contributed by atoms with Crippen molar-refractivity contribution in [3.63, 3.8) is 0 Å². The first-order valence-corrected chi connectivity index (χ1v) is 7.64. The van der Waals surface area contributed by atoms with Crippen LogP contribution < -0.4 is 0 Å². The molecule has 1 fully saturated rings. The van der Waals surface area contributed by atoms with Gasteiger partial charge in [-0.15, -0.1) is 0 Å². The second-order valence-corrected chi connectivity index (χ2v) is 6.58. The SMILES string of the molecule is CCC(C1OCCO1)S(=O)(=O)c1ccc(C)cc1. The van der Waals surface area contributed by atoms with Crippen molar-refractivity contribution in [2.24, 2.45) is 0 Å². The largest absolute Gasteiger partial charge is 0.349 e. The lowest BCUT2D eigenvalue weighted by molar-refractivity contribution is -0.0438. The summed E-state index contributed by atoms with van der Waals surface area (Å²) in [5, 5.41) is -0.636. The van der Waals surface area contributed by atoms with Crippen LogP contribution in [0.3, 0.4) is 0 Å². The Balaban J connectivity index is 2.30. The van der Waals surface area contributed by atoms with Gasteiger partial charge >= 0.3 is 0 Å².